The molecule has 1 aliphatic rings. The third kappa shape index (κ3) is 4.06. The number of nitrogens with one attached hydrogen (secondary N) is 1. The lowest BCUT2D eigenvalue weighted by atomic mass is 9.80. The molecule has 1 aromatic rings. The Balaban J connectivity index is 1.92. The fourth-order valence-corrected chi connectivity index (χ4v) is 3.58. The van der Waals surface area contributed by atoms with Crippen LogP contribution in [0.25, 0.3) is 0 Å². The van der Waals surface area contributed by atoms with E-state index in [1.807, 2.05) is 31.2 Å². The number of rotatable bonds is 4. The van der Waals surface area contributed by atoms with Crippen molar-refractivity contribution < 1.29 is 4.79 Å². The van der Waals surface area contributed by atoms with Crippen LogP contribution in [0.4, 0.5) is 0 Å². The fourth-order valence-electron chi connectivity index (χ4n) is 2.95. The van der Waals surface area contributed by atoms with Crippen molar-refractivity contribution in [2.45, 2.75) is 57.0 Å². The Morgan fingerprint density at radius 3 is 2.65 bits per heavy atom. The average molecular weight is 339 g/mol. The van der Waals surface area contributed by atoms with Gasteiger partial charge in [0.1, 0.15) is 0 Å². The van der Waals surface area contributed by atoms with Crippen molar-refractivity contribution in [3.8, 4) is 0 Å². The van der Waals surface area contributed by atoms with Crippen LogP contribution in [-0.4, -0.2) is 11.4 Å². The van der Waals surface area contributed by atoms with Crippen LogP contribution >= 0.6 is 15.9 Å². The van der Waals surface area contributed by atoms with Crippen molar-refractivity contribution in [1.82, 2.24) is 5.32 Å². The molecule has 0 saturated heterocycles. The summed E-state index contributed by atoms with van der Waals surface area (Å²) in [6, 6.07) is 7.95. The molecule has 1 fully saturated rings. The predicted molar refractivity (Wildman–Crippen MR) is 85.3 cm³/mol. The molecule has 1 aromatic carbocycles. The van der Waals surface area contributed by atoms with Gasteiger partial charge in [-0.3, -0.25) is 4.79 Å². The summed E-state index contributed by atoms with van der Waals surface area (Å²) >= 11 is 3.52. The highest BCUT2D eigenvalue weighted by molar-refractivity contribution is 9.10. The zero-order valence-electron chi connectivity index (χ0n) is 12.0. The monoisotopic (exact) mass is 338 g/mol. The Morgan fingerprint density at radius 1 is 1.35 bits per heavy atom. The summed E-state index contributed by atoms with van der Waals surface area (Å²) in [6.07, 6.45) is 5.89. The van der Waals surface area contributed by atoms with Gasteiger partial charge in [0, 0.05) is 16.4 Å². The maximum atomic E-state index is 12.2. The molecular formula is C16H23BrN2O. The summed E-state index contributed by atoms with van der Waals surface area (Å²) in [5.74, 6) is 0.0534. The van der Waals surface area contributed by atoms with Gasteiger partial charge in [-0.15, -0.1) is 0 Å². The van der Waals surface area contributed by atoms with Gasteiger partial charge in [0.25, 0.3) is 0 Å². The Labute approximate surface area is 129 Å². The van der Waals surface area contributed by atoms with Gasteiger partial charge in [0.15, 0.2) is 0 Å². The molecule has 0 unspecified atom stereocenters. The molecule has 20 heavy (non-hydrogen) atoms. The number of amides is 1. The van der Waals surface area contributed by atoms with E-state index in [1.54, 1.807) is 0 Å². The fraction of sp³-hybridized carbons (Fsp3) is 0.562. The van der Waals surface area contributed by atoms with E-state index >= 15 is 0 Å². The summed E-state index contributed by atoms with van der Waals surface area (Å²) in [4.78, 5) is 12.2. The standard InChI is InChI=1S/C16H23BrN2O/c1-12(13-7-3-4-8-14(13)17)19-15(20)11-16(18)9-5-2-6-10-16/h3-4,7-8,12H,2,5-6,9-11,18H2,1H3,(H,19,20)/t12-/m1/s1. The first-order chi connectivity index (χ1) is 9.50. The summed E-state index contributed by atoms with van der Waals surface area (Å²) in [6.45, 7) is 2.00. The molecule has 0 bridgehead atoms. The van der Waals surface area contributed by atoms with Crippen molar-refractivity contribution in [1.29, 1.82) is 0 Å². The second kappa shape index (κ2) is 6.72. The van der Waals surface area contributed by atoms with Crippen molar-refractivity contribution >= 4 is 21.8 Å². The lowest BCUT2D eigenvalue weighted by Crippen LogP contribution is -2.46. The summed E-state index contributed by atoms with van der Waals surface area (Å²) in [5, 5.41) is 3.06. The second-order valence-corrected chi connectivity index (χ2v) is 6.76. The van der Waals surface area contributed by atoms with Gasteiger partial charge in [-0.05, 0) is 31.4 Å². The number of carbonyl (C=O) groups excluding carboxylic acids is 1. The molecule has 1 amide bonds. The third-order valence-electron chi connectivity index (χ3n) is 4.11. The highest BCUT2D eigenvalue weighted by Gasteiger charge is 2.30. The number of carbonyl (C=O) groups is 1. The molecule has 3 nitrogen and oxygen atoms in total. The quantitative estimate of drug-likeness (QED) is 0.879. The molecular weight excluding hydrogens is 316 g/mol. The van der Waals surface area contributed by atoms with Crippen LogP contribution < -0.4 is 11.1 Å². The molecule has 0 aliphatic heterocycles. The van der Waals surface area contributed by atoms with E-state index in [1.165, 1.54) is 6.42 Å². The van der Waals surface area contributed by atoms with E-state index in [2.05, 4.69) is 21.2 Å². The molecule has 0 radical (unpaired) electrons. The first-order valence-electron chi connectivity index (χ1n) is 7.33. The van der Waals surface area contributed by atoms with Crippen molar-refractivity contribution in [3.63, 3.8) is 0 Å². The van der Waals surface area contributed by atoms with E-state index in [0.29, 0.717) is 6.42 Å². The number of hydrogen-bond donors (Lipinski definition) is 2. The zero-order chi connectivity index (χ0) is 14.6. The minimum absolute atomic E-state index is 0.00901. The van der Waals surface area contributed by atoms with Crippen LogP contribution in [0.5, 0.6) is 0 Å². The lowest BCUT2D eigenvalue weighted by Gasteiger charge is -2.33. The minimum Gasteiger partial charge on any atom is -0.349 e. The number of hydrogen-bond acceptors (Lipinski definition) is 2. The average Bonchev–Trinajstić information content (AvgIpc) is 2.39. The Kier molecular flexibility index (Phi) is 5.22. The van der Waals surface area contributed by atoms with Crippen LogP contribution in [0.2, 0.25) is 0 Å². The molecule has 1 saturated carbocycles. The highest BCUT2D eigenvalue weighted by Crippen LogP contribution is 2.29. The SMILES string of the molecule is C[C@@H](NC(=O)CC1(N)CCCCC1)c1ccccc1Br. The summed E-state index contributed by atoms with van der Waals surface area (Å²) < 4.78 is 1.02. The third-order valence-corrected chi connectivity index (χ3v) is 4.83. The molecule has 4 heteroatoms. The number of benzene rings is 1. The van der Waals surface area contributed by atoms with Gasteiger partial charge >= 0.3 is 0 Å². The van der Waals surface area contributed by atoms with Crippen LogP contribution in [0.1, 0.15) is 57.1 Å². The minimum atomic E-state index is -0.296. The van der Waals surface area contributed by atoms with E-state index in [0.717, 1.165) is 35.7 Å². The topological polar surface area (TPSA) is 55.1 Å². The maximum Gasteiger partial charge on any atom is 0.222 e. The number of halogens is 1. The zero-order valence-corrected chi connectivity index (χ0v) is 13.6. The van der Waals surface area contributed by atoms with Crippen molar-refractivity contribution in [2.75, 3.05) is 0 Å². The van der Waals surface area contributed by atoms with E-state index in [9.17, 15) is 4.79 Å². The largest absolute Gasteiger partial charge is 0.349 e. The van der Waals surface area contributed by atoms with Crippen LogP contribution in [0, 0.1) is 0 Å². The molecule has 3 N–H and O–H groups in total. The highest BCUT2D eigenvalue weighted by atomic mass is 79.9. The first-order valence-corrected chi connectivity index (χ1v) is 8.12. The van der Waals surface area contributed by atoms with Crippen molar-refractivity contribution in [3.05, 3.63) is 34.3 Å². The van der Waals surface area contributed by atoms with Crippen LogP contribution in [0.15, 0.2) is 28.7 Å². The van der Waals surface area contributed by atoms with E-state index in [-0.39, 0.29) is 17.5 Å². The van der Waals surface area contributed by atoms with Gasteiger partial charge in [0.2, 0.25) is 5.91 Å². The van der Waals surface area contributed by atoms with Gasteiger partial charge in [-0.2, -0.15) is 0 Å². The summed E-state index contributed by atoms with van der Waals surface area (Å²) in [7, 11) is 0. The Hall–Kier alpha value is -0.870. The van der Waals surface area contributed by atoms with Crippen molar-refractivity contribution in [2.24, 2.45) is 5.73 Å². The molecule has 1 atom stereocenters. The Morgan fingerprint density at radius 2 is 2.00 bits per heavy atom. The summed E-state index contributed by atoms with van der Waals surface area (Å²) in [5.41, 5.74) is 7.13. The molecule has 110 valence electrons. The molecule has 1 aliphatic carbocycles. The first kappa shape index (κ1) is 15.5. The van der Waals surface area contributed by atoms with Gasteiger partial charge in [-0.25, -0.2) is 0 Å². The van der Waals surface area contributed by atoms with Crippen LogP contribution in [-0.2, 0) is 4.79 Å². The lowest BCUT2D eigenvalue weighted by molar-refractivity contribution is -0.123. The van der Waals surface area contributed by atoms with Gasteiger partial charge < -0.3 is 11.1 Å². The molecule has 2 rings (SSSR count). The van der Waals surface area contributed by atoms with Gasteiger partial charge in [-0.1, -0.05) is 53.4 Å². The van der Waals surface area contributed by atoms with E-state index in [4.69, 9.17) is 5.73 Å². The molecule has 0 spiro atoms. The molecule has 0 heterocycles. The normalized spacial score (nSPS) is 19.4. The smallest absolute Gasteiger partial charge is 0.222 e. The maximum absolute atomic E-state index is 12.2. The van der Waals surface area contributed by atoms with E-state index < -0.39 is 0 Å². The molecule has 0 aromatic heterocycles. The predicted octanol–water partition coefficient (Wildman–Crippen LogP) is 3.68. The number of nitrogens with two attached hydrogens (primary N) is 1. The Bertz CT molecular complexity index is 469. The van der Waals surface area contributed by atoms with Gasteiger partial charge in [0.05, 0.1) is 6.04 Å². The van der Waals surface area contributed by atoms with Crippen LogP contribution in [0.3, 0.4) is 0 Å². The second-order valence-electron chi connectivity index (χ2n) is 5.91.